The highest BCUT2D eigenvalue weighted by molar-refractivity contribution is 6.31. The zero-order valence-corrected chi connectivity index (χ0v) is 30.6. The molecule has 0 aliphatic carbocycles. The van der Waals surface area contributed by atoms with Crippen LogP contribution in [0.25, 0.3) is 21.8 Å². The van der Waals surface area contributed by atoms with Gasteiger partial charge in [-0.05, 0) is 91.1 Å². The van der Waals surface area contributed by atoms with Crippen LogP contribution in [0.2, 0.25) is 10.0 Å². The molecule has 13 heteroatoms. The smallest absolute Gasteiger partial charge is 0.319 e. The van der Waals surface area contributed by atoms with Gasteiger partial charge in [0.1, 0.15) is 0 Å². The molecular formula is C40H32Cl2F2N2O7. The molecule has 0 saturated carbocycles. The minimum Gasteiger partial charge on any atom is -0.505 e. The number of halogens is 4. The highest BCUT2D eigenvalue weighted by Crippen LogP contribution is 2.44. The average molecular weight is 762 g/mol. The normalized spacial score (nSPS) is 12.3. The van der Waals surface area contributed by atoms with E-state index in [4.69, 9.17) is 27.9 Å². The number of esters is 1. The Hall–Kier alpha value is -5.52. The highest BCUT2D eigenvalue weighted by atomic mass is 35.5. The van der Waals surface area contributed by atoms with E-state index in [0.29, 0.717) is 10.0 Å². The summed E-state index contributed by atoms with van der Waals surface area (Å²) in [5, 5.41) is 21.3. The molecule has 0 fully saturated rings. The van der Waals surface area contributed by atoms with Crippen molar-refractivity contribution in [2.24, 2.45) is 5.41 Å². The summed E-state index contributed by atoms with van der Waals surface area (Å²) in [6.07, 6.45) is -0.521. The summed E-state index contributed by atoms with van der Waals surface area (Å²) in [6, 6.07) is 16.3. The molecule has 4 aromatic carbocycles. The van der Waals surface area contributed by atoms with Gasteiger partial charge < -0.3 is 14.9 Å². The number of benzene rings is 4. The number of carbonyl (C=O) groups is 4. The second-order valence-corrected chi connectivity index (χ2v) is 14.6. The van der Waals surface area contributed by atoms with E-state index in [1.807, 2.05) is 0 Å². The quantitative estimate of drug-likeness (QED) is 0.123. The maximum Gasteiger partial charge on any atom is 0.319 e. The fraction of sp³-hybridized carbons (Fsp3) is 0.200. The van der Waals surface area contributed by atoms with Crippen LogP contribution in [-0.4, -0.2) is 43.1 Å². The van der Waals surface area contributed by atoms with Crippen LogP contribution in [0.3, 0.4) is 0 Å². The van der Waals surface area contributed by atoms with E-state index < -0.39 is 64.6 Å². The Labute approximate surface area is 311 Å². The number of phenols is 1. The number of nitrogens with zero attached hydrogens (tertiary/aromatic N) is 2. The summed E-state index contributed by atoms with van der Waals surface area (Å²) in [5.41, 5.74) is 0.532. The molecule has 2 aromatic heterocycles. The summed E-state index contributed by atoms with van der Waals surface area (Å²) in [7, 11) is 0. The Bertz CT molecular complexity index is 2500. The van der Waals surface area contributed by atoms with Crippen molar-refractivity contribution >= 4 is 68.8 Å². The van der Waals surface area contributed by atoms with Crippen molar-refractivity contribution < 1.29 is 42.9 Å². The number of carbonyl (C=O) groups excluding carboxylic acids is 3. The van der Waals surface area contributed by atoms with Crippen molar-refractivity contribution in [3.8, 4) is 11.5 Å². The molecular weight excluding hydrogens is 729 g/mol. The van der Waals surface area contributed by atoms with Crippen molar-refractivity contribution in [2.75, 3.05) is 0 Å². The summed E-state index contributed by atoms with van der Waals surface area (Å²) in [5.74, 6) is -7.76. The number of ether oxygens (including phenoxy) is 1. The molecule has 0 aliphatic rings. The number of carboxylic acids is 1. The first-order valence-electron chi connectivity index (χ1n) is 16.3. The van der Waals surface area contributed by atoms with E-state index >= 15 is 4.39 Å². The molecule has 272 valence electrons. The van der Waals surface area contributed by atoms with Crippen LogP contribution in [0.1, 0.15) is 69.9 Å². The molecule has 2 heterocycles. The van der Waals surface area contributed by atoms with Gasteiger partial charge in [0.05, 0.1) is 23.4 Å². The molecule has 0 amide bonds. The molecule has 53 heavy (non-hydrogen) atoms. The van der Waals surface area contributed by atoms with Crippen LogP contribution in [0.4, 0.5) is 8.78 Å². The van der Waals surface area contributed by atoms with Gasteiger partial charge in [-0.2, -0.15) is 0 Å². The maximum atomic E-state index is 16.0. The van der Waals surface area contributed by atoms with Crippen LogP contribution < -0.4 is 4.74 Å². The Morgan fingerprint density at radius 2 is 1.25 bits per heavy atom. The average Bonchev–Trinajstić information content (AvgIpc) is 3.48. The van der Waals surface area contributed by atoms with Gasteiger partial charge in [-0.1, -0.05) is 44.0 Å². The van der Waals surface area contributed by atoms with Gasteiger partial charge in [0.2, 0.25) is 0 Å². The lowest BCUT2D eigenvalue weighted by atomic mass is 9.75. The summed E-state index contributed by atoms with van der Waals surface area (Å²) in [6.45, 7) is 8.28. The molecule has 1 atom stereocenters. The van der Waals surface area contributed by atoms with E-state index in [9.17, 15) is 33.8 Å². The minimum absolute atomic E-state index is 0.0560. The van der Waals surface area contributed by atoms with Crippen molar-refractivity contribution in [3.05, 3.63) is 128 Å². The molecule has 6 aromatic rings. The lowest BCUT2D eigenvalue weighted by molar-refractivity contribution is -0.139. The number of hydrogen-bond donors (Lipinski definition) is 2. The number of carboxylic acid groups (broad SMARTS) is 1. The number of aromatic nitrogens is 2. The second kappa shape index (κ2) is 13.8. The Balaban J connectivity index is 1.49. The maximum absolute atomic E-state index is 16.0. The third-order valence-electron chi connectivity index (χ3n) is 9.23. The van der Waals surface area contributed by atoms with Crippen LogP contribution in [0.15, 0.2) is 72.8 Å². The van der Waals surface area contributed by atoms with Crippen LogP contribution in [-0.2, 0) is 16.0 Å². The van der Waals surface area contributed by atoms with Gasteiger partial charge in [-0.15, -0.1) is 0 Å². The third-order valence-corrected chi connectivity index (χ3v) is 9.73. The number of aliphatic carboxylic acids is 1. The van der Waals surface area contributed by atoms with Gasteiger partial charge in [0.15, 0.2) is 23.1 Å². The van der Waals surface area contributed by atoms with Crippen molar-refractivity contribution in [1.82, 2.24) is 9.13 Å². The molecule has 9 nitrogen and oxygen atoms in total. The largest absolute Gasteiger partial charge is 0.505 e. The van der Waals surface area contributed by atoms with Gasteiger partial charge >= 0.3 is 11.9 Å². The predicted molar refractivity (Wildman–Crippen MR) is 196 cm³/mol. The lowest BCUT2D eigenvalue weighted by Crippen LogP contribution is -2.31. The van der Waals surface area contributed by atoms with Crippen molar-refractivity contribution in [1.29, 1.82) is 0 Å². The fourth-order valence-electron chi connectivity index (χ4n) is 6.78. The highest BCUT2D eigenvalue weighted by Gasteiger charge is 2.40. The summed E-state index contributed by atoms with van der Waals surface area (Å²) in [4.78, 5) is 53.8. The molecule has 0 saturated heterocycles. The molecule has 1 unspecified atom stereocenters. The van der Waals surface area contributed by atoms with Crippen LogP contribution >= 0.6 is 23.2 Å². The van der Waals surface area contributed by atoms with Crippen LogP contribution in [0.5, 0.6) is 11.5 Å². The second-order valence-electron chi connectivity index (χ2n) is 13.8. The monoisotopic (exact) mass is 760 g/mol. The van der Waals surface area contributed by atoms with E-state index in [2.05, 4.69) is 0 Å². The Morgan fingerprint density at radius 3 is 1.75 bits per heavy atom. The van der Waals surface area contributed by atoms with E-state index in [0.717, 1.165) is 18.2 Å². The molecule has 6 rings (SSSR count). The van der Waals surface area contributed by atoms with Crippen LogP contribution in [0, 0.1) is 30.9 Å². The lowest BCUT2D eigenvalue weighted by Gasteiger charge is -2.29. The van der Waals surface area contributed by atoms with E-state index in [1.54, 1.807) is 27.7 Å². The van der Waals surface area contributed by atoms with Gasteiger partial charge in [-0.25, -0.2) is 8.78 Å². The predicted octanol–water partition coefficient (Wildman–Crippen LogP) is 9.24. The number of phenolic OH excluding ortho intramolecular Hbond substituents is 1. The molecule has 0 radical (unpaired) electrons. The topological polar surface area (TPSA) is 128 Å². The first-order valence-corrected chi connectivity index (χ1v) is 17.1. The number of aromatic hydroxyl groups is 1. The molecule has 0 bridgehead atoms. The van der Waals surface area contributed by atoms with E-state index in [-0.39, 0.29) is 55.4 Å². The SMILES string of the molecule is Cc1c(CC(=O)O)c2cc(OC(=O)C(c3c(C)n(C(=O)c4ccc(Cl)cc4)c4cc(F)c(O)cc34)C(C)(C)C)c(F)cc2n1C(=O)c1ccc(Cl)cc1. The fourth-order valence-corrected chi connectivity index (χ4v) is 7.04. The summed E-state index contributed by atoms with van der Waals surface area (Å²) >= 11 is 12.0. The summed E-state index contributed by atoms with van der Waals surface area (Å²) < 4.78 is 39.1. The van der Waals surface area contributed by atoms with Gasteiger partial charge in [0.25, 0.3) is 11.8 Å². The first kappa shape index (κ1) is 37.2. The molecule has 2 N–H and O–H groups in total. The Kier molecular flexibility index (Phi) is 9.69. The number of fused-ring (bicyclic) bond motifs is 2. The first-order chi connectivity index (χ1) is 24.9. The number of rotatable bonds is 7. The zero-order valence-electron chi connectivity index (χ0n) is 29.1. The Morgan fingerprint density at radius 1 is 0.755 bits per heavy atom. The zero-order chi connectivity index (χ0) is 38.7. The van der Waals surface area contributed by atoms with E-state index in [1.165, 1.54) is 70.7 Å². The molecule has 0 spiro atoms. The van der Waals surface area contributed by atoms with Gasteiger partial charge in [0, 0.05) is 55.5 Å². The number of hydrogen-bond acceptors (Lipinski definition) is 6. The van der Waals surface area contributed by atoms with Crippen molar-refractivity contribution in [3.63, 3.8) is 0 Å². The minimum atomic E-state index is -1.22. The van der Waals surface area contributed by atoms with Gasteiger partial charge in [-0.3, -0.25) is 28.3 Å². The molecule has 0 aliphatic heterocycles. The van der Waals surface area contributed by atoms with Crippen molar-refractivity contribution in [2.45, 2.75) is 47.0 Å². The third kappa shape index (κ3) is 6.78. The standard InChI is InChI=1S/C40H32Cl2F2N2O7/c1-19-25(16-34(48)49)26-15-33(29(44)18-30(26)45(19)37(50)21-6-10-23(41)11-7-21)53-39(52)36(40(3,4)5)35-20(2)46(31-17-28(43)32(47)14-27(31)35)38(51)22-8-12-24(42)13-9-22/h6-15,17-18,36,47H,16H2,1-5H3,(H,48,49).